The second-order valence-corrected chi connectivity index (χ2v) is 6.87. The molecular weight excluding hydrogens is 467 g/mol. The van der Waals surface area contributed by atoms with Crippen molar-refractivity contribution in [3.63, 3.8) is 0 Å². The molecule has 1 heterocycles. The molecule has 0 atom stereocenters. The quantitative estimate of drug-likeness (QED) is 0.306. The zero-order valence-corrected chi connectivity index (χ0v) is 20.1. The van der Waals surface area contributed by atoms with Crippen molar-refractivity contribution in [1.29, 1.82) is 0 Å². The Labute approximate surface area is 187 Å². The molecule has 0 spiro atoms. The van der Waals surface area contributed by atoms with Gasteiger partial charge in [0.2, 0.25) is 0 Å². The second kappa shape index (κ2) is 13.9. The van der Waals surface area contributed by atoms with Crippen molar-refractivity contribution in [1.82, 2.24) is 15.5 Å². The molecular formula is C21H37IN4O2. The summed E-state index contributed by atoms with van der Waals surface area (Å²) in [6.07, 6.45) is 3.57. The van der Waals surface area contributed by atoms with E-state index in [2.05, 4.69) is 29.4 Å². The molecule has 1 fully saturated rings. The first-order chi connectivity index (χ1) is 13.2. The van der Waals surface area contributed by atoms with E-state index >= 15 is 0 Å². The van der Waals surface area contributed by atoms with Crippen LogP contribution in [0.25, 0.3) is 0 Å². The molecule has 0 unspecified atom stereocenters. The van der Waals surface area contributed by atoms with Crippen molar-refractivity contribution in [2.75, 3.05) is 39.9 Å². The van der Waals surface area contributed by atoms with Gasteiger partial charge in [-0.15, -0.1) is 24.0 Å². The summed E-state index contributed by atoms with van der Waals surface area (Å²) < 4.78 is 11.0. The van der Waals surface area contributed by atoms with Gasteiger partial charge in [0.15, 0.2) is 17.5 Å². The third-order valence-corrected chi connectivity index (χ3v) is 4.76. The van der Waals surface area contributed by atoms with Gasteiger partial charge in [-0.25, -0.2) is 4.99 Å². The van der Waals surface area contributed by atoms with E-state index < -0.39 is 0 Å². The van der Waals surface area contributed by atoms with Gasteiger partial charge in [0.1, 0.15) is 0 Å². The Hall–Kier alpha value is -1.22. The molecule has 0 bridgehead atoms. The maximum atomic E-state index is 5.66. The first-order valence-electron chi connectivity index (χ1n) is 10.3. The Morgan fingerprint density at radius 1 is 1.18 bits per heavy atom. The molecule has 6 nitrogen and oxygen atoms in total. The lowest BCUT2D eigenvalue weighted by Gasteiger charge is -2.32. The van der Waals surface area contributed by atoms with Crippen molar-refractivity contribution in [2.24, 2.45) is 4.99 Å². The summed E-state index contributed by atoms with van der Waals surface area (Å²) in [6, 6.07) is 6.49. The minimum atomic E-state index is 0. The van der Waals surface area contributed by atoms with E-state index in [-0.39, 0.29) is 24.0 Å². The summed E-state index contributed by atoms with van der Waals surface area (Å²) >= 11 is 0. The van der Waals surface area contributed by atoms with Gasteiger partial charge in [-0.2, -0.15) is 0 Å². The number of rotatable bonds is 9. The van der Waals surface area contributed by atoms with E-state index in [0.717, 1.165) is 29.6 Å². The lowest BCUT2D eigenvalue weighted by atomic mass is 10.1. The predicted molar refractivity (Wildman–Crippen MR) is 127 cm³/mol. The normalized spacial score (nSPS) is 15.6. The van der Waals surface area contributed by atoms with Crippen molar-refractivity contribution in [2.45, 2.75) is 52.6 Å². The van der Waals surface area contributed by atoms with E-state index in [1.807, 2.05) is 25.1 Å². The lowest BCUT2D eigenvalue weighted by molar-refractivity contribution is 0.206. The fourth-order valence-electron chi connectivity index (χ4n) is 3.39. The van der Waals surface area contributed by atoms with Crippen LogP contribution >= 0.6 is 24.0 Å². The van der Waals surface area contributed by atoms with Crippen LogP contribution < -0.4 is 20.1 Å². The number of aliphatic imine (C=N–C) groups is 1. The number of methoxy groups -OCH3 is 1. The highest BCUT2D eigenvalue weighted by Crippen LogP contribution is 2.28. The Balaban J connectivity index is 0.00000392. The third-order valence-electron chi connectivity index (χ3n) is 4.76. The van der Waals surface area contributed by atoms with Gasteiger partial charge >= 0.3 is 0 Å². The minimum absolute atomic E-state index is 0. The highest BCUT2D eigenvalue weighted by molar-refractivity contribution is 14.0. The van der Waals surface area contributed by atoms with Crippen LogP contribution in [0.3, 0.4) is 0 Å². The van der Waals surface area contributed by atoms with E-state index in [1.54, 1.807) is 7.11 Å². The number of hydrogen-bond acceptors (Lipinski definition) is 4. The maximum Gasteiger partial charge on any atom is 0.191 e. The molecule has 1 aliphatic heterocycles. The Morgan fingerprint density at radius 2 is 1.93 bits per heavy atom. The molecule has 1 aromatic rings. The molecule has 1 aliphatic rings. The van der Waals surface area contributed by atoms with E-state index in [4.69, 9.17) is 14.5 Å². The molecule has 2 rings (SSSR count). The Bertz CT molecular complexity index is 590. The molecule has 2 N–H and O–H groups in total. The highest BCUT2D eigenvalue weighted by atomic mass is 127. The van der Waals surface area contributed by atoms with E-state index in [0.29, 0.717) is 19.2 Å². The van der Waals surface area contributed by atoms with E-state index in [9.17, 15) is 0 Å². The topological polar surface area (TPSA) is 58.1 Å². The Morgan fingerprint density at radius 3 is 2.54 bits per heavy atom. The van der Waals surface area contributed by atoms with Gasteiger partial charge in [0, 0.05) is 25.7 Å². The van der Waals surface area contributed by atoms with Gasteiger partial charge < -0.3 is 25.0 Å². The fraction of sp³-hybridized carbons (Fsp3) is 0.667. The summed E-state index contributed by atoms with van der Waals surface area (Å²) in [5.41, 5.74) is 1.11. The number of ether oxygens (including phenoxy) is 2. The molecule has 28 heavy (non-hydrogen) atoms. The van der Waals surface area contributed by atoms with Crippen molar-refractivity contribution in [3.05, 3.63) is 23.8 Å². The van der Waals surface area contributed by atoms with Gasteiger partial charge in [0.05, 0.1) is 20.3 Å². The monoisotopic (exact) mass is 504 g/mol. The van der Waals surface area contributed by atoms with Crippen LogP contribution in [-0.2, 0) is 6.54 Å². The van der Waals surface area contributed by atoms with Crippen molar-refractivity contribution >= 4 is 29.9 Å². The molecule has 0 aliphatic carbocycles. The second-order valence-electron chi connectivity index (χ2n) is 6.87. The number of nitrogens with zero attached hydrogens (tertiary/aromatic N) is 2. The lowest BCUT2D eigenvalue weighted by Crippen LogP contribution is -2.48. The summed E-state index contributed by atoms with van der Waals surface area (Å²) in [4.78, 5) is 7.32. The average Bonchev–Trinajstić information content (AvgIpc) is 2.68. The standard InChI is InChI=1S/C21H36N4O2.HI/c1-5-12-25-13-10-18(11-14-25)24-21(22-6-2)23-16-17-8-9-19(26-4)20(15-17)27-7-3;/h8-9,15,18H,5-7,10-14,16H2,1-4H3,(H2,22,23,24);1H. The Kier molecular flexibility index (Phi) is 12.3. The number of benzene rings is 1. The third kappa shape index (κ3) is 8.03. The largest absolute Gasteiger partial charge is 0.493 e. The minimum Gasteiger partial charge on any atom is -0.493 e. The molecule has 7 heteroatoms. The summed E-state index contributed by atoms with van der Waals surface area (Å²) in [5, 5.41) is 6.98. The number of guanidine groups is 1. The number of halogens is 1. The van der Waals surface area contributed by atoms with Crippen LogP contribution in [0.1, 0.15) is 45.6 Å². The predicted octanol–water partition coefficient (Wildman–Crippen LogP) is 3.64. The first-order valence-corrected chi connectivity index (χ1v) is 10.3. The molecule has 0 amide bonds. The zero-order valence-electron chi connectivity index (χ0n) is 17.8. The van der Waals surface area contributed by atoms with Crippen LogP contribution in [-0.4, -0.2) is 56.8 Å². The molecule has 160 valence electrons. The molecule has 0 radical (unpaired) electrons. The van der Waals surface area contributed by atoms with Gasteiger partial charge in [-0.1, -0.05) is 13.0 Å². The van der Waals surface area contributed by atoms with Crippen LogP contribution in [0.5, 0.6) is 11.5 Å². The van der Waals surface area contributed by atoms with Crippen molar-refractivity contribution in [3.8, 4) is 11.5 Å². The SMILES string of the molecule is CCCN1CCC(NC(=NCc2ccc(OC)c(OCC)c2)NCC)CC1.I. The van der Waals surface area contributed by atoms with Crippen LogP contribution in [0.4, 0.5) is 0 Å². The number of likely N-dealkylation sites (tertiary alicyclic amines) is 1. The first kappa shape index (κ1) is 24.8. The molecule has 1 saturated heterocycles. The van der Waals surface area contributed by atoms with Crippen LogP contribution in [0, 0.1) is 0 Å². The van der Waals surface area contributed by atoms with Crippen molar-refractivity contribution < 1.29 is 9.47 Å². The number of nitrogens with one attached hydrogen (secondary N) is 2. The highest BCUT2D eigenvalue weighted by Gasteiger charge is 2.19. The van der Waals surface area contributed by atoms with Crippen LogP contribution in [0.15, 0.2) is 23.2 Å². The van der Waals surface area contributed by atoms with Gasteiger partial charge in [-0.3, -0.25) is 0 Å². The number of hydrogen-bond donors (Lipinski definition) is 2. The smallest absolute Gasteiger partial charge is 0.191 e. The van der Waals surface area contributed by atoms with Gasteiger partial charge in [-0.05, 0) is 57.4 Å². The number of piperidine rings is 1. The summed E-state index contributed by atoms with van der Waals surface area (Å²) in [7, 11) is 1.66. The summed E-state index contributed by atoms with van der Waals surface area (Å²) in [5.74, 6) is 2.42. The van der Waals surface area contributed by atoms with Crippen LogP contribution in [0.2, 0.25) is 0 Å². The molecule has 0 saturated carbocycles. The maximum absolute atomic E-state index is 5.66. The van der Waals surface area contributed by atoms with E-state index in [1.165, 1.54) is 38.9 Å². The average molecular weight is 504 g/mol. The fourth-order valence-corrected chi connectivity index (χ4v) is 3.39. The molecule has 0 aromatic heterocycles. The van der Waals surface area contributed by atoms with Gasteiger partial charge in [0.25, 0.3) is 0 Å². The molecule has 1 aromatic carbocycles. The summed E-state index contributed by atoms with van der Waals surface area (Å²) in [6.45, 7) is 11.9. The zero-order chi connectivity index (χ0) is 19.5.